The molecule has 0 spiro atoms. The van der Waals surface area contributed by atoms with Gasteiger partial charge < -0.3 is 4.90 Å². The molecule has 0 saturated carbocycles. The van der Waals surface area contributed by atoms with Crippen LogP contribution in [-0.2, 0) is 18.0 Å². The molecule has 2 nitrogen and oxygen atoms in total. The van der Waals surface area contributed by atoms with Crippen molar-refractivity contribution in [1.82, 2.24) is 4.90 Å². The highest BCUT2D eigenvalue weighted by Gasteiger charge is 2.35. The second-order valence-corrected chi connectivity index (χ2v) is 9.90. The fraction of sp³-hybridized carbons (Fsp3) is 0.320. The third-order valence-electron chi connectivity index (χ3n) is 5.78. The lowest BCUT2D eigenvalue weighted by Crippen LogP contribution is -2.40. The third kappa shape index (κ3) is 4.26. The fourth-order valence-corrected chi connectivity index (χ4v) is 4.93. The molecule has 1 unspecified atom stereocenters. The van der Waals surface area contributed by atoms with Gasteiger partial charge in [0.25, 0.3) is 5.91 Å². The van der Waals surface area contributed by atoms with Crippen molar-refractivity contribution in [3.8, 4) is 0 Å². The van der Waals surface area contributed by atoms with Crippen LogP contribution in [0.25, 0.3) is 0 Å². The number of thiophene rings is 1. The van der Waals surface area contributed by atoms with E-state index >= 15 is 0 Å². The quantitative estimate of drug-likeness (QED) is 0.424. The van der Waals surface area contributed by atoms with Crippen LogP contribution in [0.4, 0.5) is 13.2 Å². The van der Waals surface area contributed by atoms with Gasteiger partial charge in [-0.15, -0.1) is 11.3 Å². The Balaban J connectivity index is 1.70. The summed E-state index contributed by atoms with van der Waals surface area (Å²) in [5, 5.41) is 1.98. The van der Waals surface area contributed by atoms with Gasteiger partial charge in [0.05, 0.1) is 11.6 Å². The lowest BCUT2D eigenvalue weighted by atomic mass is 9.86. The molecule has 4 rings (SSSR count). The van der Waals surface area contributed by atoms with Crippen molar-refractivity contribution < 1.29 is 18.0 Å². The maximum atomic E-state index is 13.5. The van der Waals surface area contributed by atoms with Crippen LogP contribution in [-0.4, -0.2) is 17.4 Å². The van der Waals surface area contributed by atoms with Crippen LogP contribution >= 0.6 is 11.3 Å². The number of carbonyl (C=O) groups is 1. The number of halogens is 3. The molecule has 1 amide bonds. The van der Waals surface area contributed by atoms with Crippen LogP contribution in [0, 0.1) is 0 Å². The Bertz CT molecular complexity index is 1080. The summed E-state index contributed by atoms with van der Waals surface area (Å²) in [7, 11) is 0. The van der Waals surface area contributed by atoms with Crippen molar-refractivity contribution in [2.45, 2.75) is 44.8 Å². The first-order valence-electron chi connectivity index (χ1n) is 10.2. The first-order chi connectivity index (χ1) is 14.6. The number of nitrogens with zero attached hydrogens (tertiary/aromatic N) is 1. The van der Waals surface area contributed by atoms with Crippen LogP contribution < -0.4 is 0 Å². The van der Waals surface area contributed by atoms with E-state index in [1.807, 2.05) is 35.7 Å². The molecule has 0 radical (unpaired) electrons. The maximum Gasteiger partial charge on any atom is 0.416 e. The summed E-state index contributed by atoms with van der Waals surface area (Å²) in [4.78, 5) is 16.4. The highest BCUT2D eigenvalue weighted by Crippen LogP contribution is 2.39. The average molecular weight is 444 g/mol. The molecule has 31 heavy (non-hydrogen) atoms. The summed E-state index contributed by atoms with van der Waals surface area (Å²) < 4.78 is 39.1. The molecule has 0 saturated heterocycles. The van der Waals surface area contributed by atoms with Crippen LogP contribution in [0.2, 0.25) is 0 Å². The number of hydrogen-bond donors (Lipinski definition) is 0. The van der Waals surface area contributed by atoms with E-state index in [1.165, 1.54) is 17.0 Å². The lowest BCUT2D eigenvalue weighted by molar-refractivity contribution is -0.137. The van der Waals surface area contributed by atoms with Crippen molar-refractivity contribution in [2.24, 2.45) is 0 Å². The summed E-state index contributed by atoms with van der Waals surface area (Å²) in [5.74, 6) is -0.109. The standard InChI is InChI=1S/C25H24F3NOS/c1-24(2,3)18-8-6-17(7-9-18)23(30)29-14-12-21-20(13-15-31-21)22(29)16-4-10-19(11-5-16)25(26,27)28/h4-11,13,15,22H,12,14H2,1-3H3. The lowest BCUT2D eigenvalue weighted by Gasteiger charge is -2.36. The van der Waals surface area contributed by atoms with E-state index in [2.05, 4.69) is 20.8 Å². The van der Waals surface area contributed by atoms with E-state index < -0.39 is 17.8 Å². The number of benzene rings is 2. The molecule has 1 aliphatic heterocycles. The topological polar surface area (TPSA) is 20.3 Å². The second kappa shape index (κ2) is 7.83. The monoisotopic (exact) mass is 443 g/mol. The molecule has 0 aliphatic carbocycles. The van der Waals surface area contributed by atoms with Gasteiger partial charge in [-0.1, -0.05) is 45.0 Å². The number of rotatable bonds is 2. The normalized spacial score (nSPS) is 16.8. The van der Waals surface area contributed by atoms with Crippen LogP contribution in [0.3, 0.4) is 0 Å². The van der Waals surface area contributed by atoms with Crippen molar-refractivity contribution in [3.63, 3.8) is 0 Å². The highest BCUT2D eigenvalue weighted by molar-refractivity contribution is 7.10. The van der Waals surface area contributed by atoms with Crippen LogP contribution in [0.5, 0.6) is 0 Å². The van der Waals surface area contributed by atoms with Gasteiger partial charge in [0, 0.05) is 17.0 Å². The molecule has 0 N–H and O–H groups in total. The third-order valence-corrected chi connectivity index (χ3v) is 6.77. The zero-order valence-corrected chi connectivity index (χ0v) is 18.5. The second-order valence-electron chi connectivity index (χ2n) is 8.90. The minimum atomic E-state index is -4.39. The van der Waals surface area contributed by atoms with Gasteiger partial charge in [-0.25, -0.2) is 0 Å². The molecule has 162 valence electrons. The molecule has 3 aromatic rings. The molecule has 6 heteroatoms. The Hall–Kier alpha value is -2.60. The zero-order valence-electron chi connectivity index (χ0n) is 17.7. The van der Waals surface area contributed by atoms with E-state index in [0.29, 0.717) is 17.7 Å². The number of carbonyl (C=O) groups excluding carboxylic acids is 1. The van der Waals surface area contributed by atoms with Crippen molar-refractivity contribution >= 4 is 17.2 Å². The molecule has 2 heterocycles. The summed E-state index contributed by atoms with van der Waals surface area (Å²) in [5.41, 5.74) is 2.71. The Morgan fingerprint density at radius 1 is 0.935 bits per heavy atom. The molecule has 0 bridgehead atoms. The largest absolute Gasteiger partial charge is 0.416 e. The van der Waals surface area contributed by atoms with Crippen molar-refractivity contribution in [3.05, 3.63) is 92.7 Å². The molecule has 0 fully saturated rings. The summed E-state index contributed by atoms with van der Waals surface area (Å²) >= 11 is 1.63. The van der Waals surface area contributed by atoms with E-state index in [0.717, 1.165) is 29.7 Å². The van der Waals surface area contributed by atoms with Crippen molar-refractivity contribution in [2.75, 3.05) is 6.54 Å². The number of fused-ring (bicyclic) bond motifs is 1. The minimum absolute atomic E-state index is 0.0129. The SMILES string of the molecule is CC(C)(C)c1ccc(C(=O)N2CCc3sccc3C2c2ccc(C(F)(F)F)cc2)cc1. The number of amides is 1. The van der Waals surface area contributed by atoms with Crippen LogP contribution in [0.15, 0.2) is 60.0 Å². The maximum absolute atomic E-state index is 13.5. The smallest absolute Gasteiger partial charge is 0.327 e. The molecular weight excluding hydrogens is 419 g/mol. The molecule has 1 atom stereocenters. The Kier molecular flexibility index (Phi) is 5.46. The van der Waals surface area contributed by atoms with Crippen molar-refractivity contribution in [1.29, 1.82) is 0 Å². The van der Waals surface area contributed by atoms with Gasteiger partial charge in [0.2, 0.25) is 0 Å². The molecule has 1 aromatic heterocycles. The summed E-state index contributed by atoms with van der Waals surface area (Å²) in [6, 6.07) is 14.4. The number of alkyl halides is 3. The first-order valence-corrected chi connectivity index (χ1v) is 11.1. The predicted molar refractivity (Wildman–Crippen MR) is 117 cm³/mol. The first kappa shape index (κ1) is 21.6. The van der Waals surface area contributed by atoms with Gasteiger partial charge in [0.15, 0.2) is 0 Å². The van der Waals surface area contributed by atoms with E-state index in [-0.39, 0.29) is 11.3 Å². The zero-order chi connectivity index (χ0) is 22.4. The molecular formula is C25H24F3NOS. The highest BCUT2D eigenvalue weighted by atomic mass is 32.1. The fourth-order valence-electron chi connectivity index (χ4n) is 4.03. The van der Waals surface area contributed by atoms with Gasteiger partial charge in [-0.3, -0.25) is 4.79 Å². The number of hydrogen-bond acceptors (Lipinski definition) is 2. The molecule has 2 aromatic carbocycles. The van der Waals surface area contributed by atoms with Crippen LogP contribution in [0.1, 0.15) is 64.3 Å². The summed E-state index contributed by atoms with van der Waals surface area (Å²) in [6.45, 7) is 6.88. The van der Waals surface area contributed by atoms with Gasteiger partial charge >= 0.3 is 6.18 Å². The van der Waals surface area contributed by atoms with E-state index in [1.54, 1.807) is 16.2 Å². The van der Waals surface area contributed by atoms with E-state index in [9.17, 15) is 18.0 Å². The Labute approximate surface area is 184 Å². The average Bonchev–Trinajstić information content (AvgIpc) is 3.20. The predicted octanol–water partition coefficient (Wildman–Crippen LogP) is 6.85. The molecule has 1 aliphatic rings. The minimum Gasteiger partial charge on any atom is -0.327 e. The van der Waals surface area contributed by atoms with E-state index in [4.69, 9.17) is 0 Å². The van der Waals surface area contributed by atoms with Gasteiger partial charge in [-0.2, -0.15) is 13.2 Å². The van der Waals surface area contributed by atoms with Gasteiger partial charge in [-0.05, 0) is 64.2 Å². The Morgan fingerprint density at radius 3 is 2.13 bits per heavy atom. The van der Waals surface area contributed by atoms with Gasteiger partial charge in [0.1, 0.15) is 0 Å². The summed E-state index contributed by atoms with van der Waals surface area (Å²) in [6.07, 6.45) is -3.64. The Morgan fingerprint density at radius 2 is 1.55 bits per heavy atom.